The van der Waals surface area contributed by atoms with E-state index in [2.05, 4.69) is 15.5 Å². The molecule has 0 unspecified atom stereocenters. The van der Waals surface area contributed by atoms with E-state index in [9.17, 15) is 13.2 Å². The van der Waals surface area contributed by atoms with Crippen molar-refractivity contribution in [3.05, 3.63) is 5.01 Å². The summed E-state index contributed by atoms with van der Waals surface area (Å²) in [5.74, 6) is 0. The van der Waals surface area contributed by atoms with Gasteiger partial charge in [0.1, 0.15) is 11.6 Å². The number of anilines is 1. The number of rotatable bonds is 5. The van der Waals surface area contributed by atoms with Gasteiger partial charge in [-0.15, -0.1) is 10.2 Å². The molecule has 4 nitrogen and oxygen atoms in total. The fourth-order valence-corrected chi connectivity index (χ4v) is 1.39. The van der Waals surface area contributed by atoms with Gasteiger partial charge < -0.3 is 10.1 Å². The van der Waals surface area contributed by atoms with Crippen molar-refractivity contribution in [2.75, 3.05) is 19.0 Å². The van der Waals surface area contributed by atoms with Crippen LogP contribution in [-0.4, -0.2) is 30.0 Å². The monoisotopic (exact) mass is 241 g/mol. The number of hydrogen-bond donors (Lipinski definition) is 1. The van der Waals surface area contributed by atoms with Crippen LogP contribution in [0.3, 0.4) is 0 Å². The maximum atomic E-state index is 11.7. The van der Waals surface area contributed by atoms with Crippen molar-refractivity contribution in [1.82, 2.24) is 10.2 Å². The molecule has 15 heavy (non-hydrogen) atoms. The molecule has 0 saturated carbocycles. The molecule has 0 radical (unpaired) electrons. The van der Waals surface area contributed by atoms with Crippen molar-refractivity contribution in [3.63, 3.8) is 0 Å². The minimum atomic E-state index is -4.17. The minimum absolute atomic E-state index is 0.0649. The summed E-state index contributed by atoms with van der Waals surface area (Å²) in [5, 5.41) is 11.4. The number of halogens is 3. The van der Waals surface area contributed by atoms with Crippen molar-refractivity contribution < 1.29 is 17.9 Å². The van der Waals surface area contributed by atoms with Crippen molar-refractivity contribution >= 4 is 16.5 Å². The van der Waals surface area contributed by atoms with Gasteiger partial charge in [-0.05, 0) is 0 Å². The summed E-state index contributed by atoms with van der Waals surface area (Å²) < 4.78 is 40.0. The fourth-order valence-electron chi connectivity index (χ4n) is 0.760. The Morgan fingerprint density at radius 2 is 2.13 bits per heavy atom. The summed E-state index contributed by atoms with van der Waals surface area (Å²) in [4.78, 5) is 0. The van der Waals surface area contributed by atoms with Gasteiger partial charge >= 0.3 is 6.18 Å². The molecule has 1 heterocycles. The number of ether oxygens (including phenoxy) is 1. The smallest absolute Gasteiger partial charge is 0.374 e. The van der Waals surface area contributed by atoms with E-state index < -0.39 is 12.6 Å². The van der Waals surface area contributed by atoms with E-state index in [0.717, 1.165) is 0 Å². The molecule has 0 aliphatic heterocycles. The van der Waals surface area contributed by atoms with Gasteiger partial charge in [-0.1, -0.05) is 11.3 Å². The number of nitrogens with zero attached hydrogens (tertiary/aromatic N) is 2. The van der Waals surface area contributed by atoms with Crippen LogP contribution >= 0.6 is 11.3 Å². The SMILES string of the molecule is CNc1nnc(COCCC(F)(F)F)s1. The first-order chi connectivity index (χ1) is 7.01. The molecular formula is C7H10F3N3OS. The highest BCUT2D eigenvalue weighted by molar-refractivity contribution is 7.15. The number of aromatic nitrogens is 2. The molecule has 1 N–H and O–H groups in total. The van der Waals surface area contributed by atoms with Crippen LogP contribution in [0.1, 0.15) is 11.4 Å². The fraction of sp³-hybridized carbons (Fsp3) is 0.714. The average molecular weight is 241 g/mol. The van der Waals surface area contributed by atoms with Crippen LogP contribution in [0.2, 0.25) is 0 Å². The molecule has 0 aliphatic rings. The average Bonchev–Trinajstić information content (AvgIpc) is 2.59. The molecule has 0 spiro atoms. The Balaban J connectivity index is 2.20. The summed E-state index contributed by atoms with van der Waals surface area (Å²) in [6, 6.07) is 0. The van der Waals surface area contributed by atoms with Crippen molar-refractivity contribution in [2.24, 2.45) is 0 Å². The van der Waals surface area contributed by atoms with E-state index in [1.165, 1.54) is 11.3 Å². The molecule has 8 heteroatoms. The lowest BCUT2D eigenvalue weighted by Gasteiger charge is -2.05. The number of nitrogens with one attached hydrogen (secondary N) is 1. The Morgan fingerprint density at radius 1 is 1.40 bits per heavy atom. The Kier molecular flexibility index (Phi) is 4.28. The van der Waals surface area contributed by atoms with Crippen molar-refractivity contribution in [1.29, 1.82) is 0 Å². The molecule has 86 valence electrons. The first kappa shape index (κ1) is 12.2. The lowest BCUT2D eigenvalue weighted by Crippen LogP contribution is -2.11. The molecule has 1 aromatic heterocycles. The second-order valence-electron chi connectivity index (χ2n) is 2.67. The molecule has 1 rings (SSSR count). The van der Waals surface area contributed by atoms with E-state index in [1.807, 2.05) is 0 Å². The largest absolute Gasteiger partial charge is 0.391 e. The van der Waals surface area contributed by atoms with Crippen LogP contribution in [0.15, 0.2) is 0 Å². The zero-order valence-corrected chi connectivity index (χ0v) is 8.78. The van der Waals surface area contributed by atoms with Gasteiger partial charge in [-0.25, -0.2) is 0 Å². The van der Waals surface area contributed by atoms with Crippen LogP contribution in [-0.2, 0) is 11.3 Å². The van der Waals surface area contributed by atoms with Gasteiger partial charge in [-0.3, -0.25) is 0 Å². The van der Waals surface area contributed by atoms with Gasteiger partial charge in [-0.2, -0.15) is 13.2 Å². The summed E-state index contributed by atoms with van der Waals surface area (Å²) in [6.45, 7) is -0.284. The van der Waals surface area contributed by atoms with E-state index >= 15 is 0 Å². The highest BCUT2D eigenvalue weighted by Crippen LogP contribution is 2.20. The third-order valence-corrected chi connectivity index (χ3v) is 2.35. The predicted molar refractivity (Wildman–Crippen MR) is 49.8 cm³/mol. The summed E-state index contributed by atoms with van der Waals surface area (Å²) >= 11 is 1.25. The van der Waals surface area contributed by atoms with Gasteiger partial charge in [0.25, 0.3) is 0 Å². The van der Waals surface area contributed by atoms with Gasteiger partial charge in [0.05, 0.1) is 13.0 Å². The number of hydrogen-bond acceptors (Lipinski definition) is 5. The molecule has 0 bridgehead atoms. The lowest BCUT2D eigenvalue weighted by atomic mass is 10.4. The van der Waals surface area contributed by atoms with Crippen molar-refractivity contribution in [2.45, 2.75) is 19.2 Å². The molecule has 1 aromatic rings. The Labute approximate surface area is 88.5 Å². The first-order valence-electron chi connectivity index (χ1n) is 4.16. The second-order valence-corrected chi connectivity index (χ2v) is 3.73. The van der Waals surface area contributed by atoms with E-state index in [1.54, 1.807) is 7.05 Å². The molecule has 0 aromatic carbocycles. The highest BCUT2D eigenvalue weighted by atomic mass is 32.1. The summed E-state index contributed by atoms with van der Waals surface area (Å²) in [5.41, 5.74) is 0. The predicted octanol–water partition coefficient (Wildman–Crippen LogP) is 2.05. The second kappa shape index (κ2) is 5.26. The maximum Gasteiger partial charge on any atom is 0.391 e. The maximum absolute atomic E-state index is 11.7. The zero-order valence-electron chi connectivity index (χ0n) is 7.97. The topological polar surface area (TPSA) is 47.0 Å². The van der Waals surface area contributed by atoms with Crippen LogP contribution in [0.25, 0.3) is 0 Å². The Bertz CT molecular complexity index is 302. The summed E-state index contributed by atoms with van der Waals surface area (Å²) in [7, 11) is 1.69. The normalized spacial score (nSPS) is 11.7. The third kappa shape index (κ3) is 4.93. The third-order valence-electron chi connectivity index (χ3n) is 1.44. The molecular weight excluding hydrogens is 231 g/mol. The van der Waals surface area contributed by atoms with E-state index in [0.29, 0.717) is 10.1 Å². The van der Waals surface area contributed by atoms with E-state index in [-0.39, 0.29) is 13.2 Å². The Hall–Kier alpha value is -0.890. The van der Waals surface area contributed by atoms with Crippen LogP contribution < -0.4 is 5.32 Å². The van der Waals surface area contributed by atoms with Crippen LogP contribution in [0, 0.1) is 0 Å². The molecule has 0 saturated heterocycles. The Morgan fingerprint density at radius 3 is 2.67 bits per heavy atom. The highest BCUT2D eigenvalue weighted by Gasteiger charge is 2.26. The van der Waals surface area contributed by atoms with Gasteiger partial charge in [0.15, 0.2) is 0 Å². The van der Waals surface area contributed by atoms with Gasteiger partial charge in [0, 0.05) is 7.05 Å². The molecule has 0 aliphatic carbocycles. The molecule has 0 fully saturated rings. The summed E-state index contributed by atoms with van der Waals surface area (Å²) in [6.07, 6.45) is -5.11. The van der Waals surface area contributed by atoms with Crippen LogP contribution in [0.4, 0.5) is 18.3 Å². The zero-order chi connectivity index (χ0) is 11.3. The first-order valence-corrected chi connectivity index (χ1v) is 4.97. The molecule has 0 atom stereocenters. The van der Waals surface area contributed by atoms with Crippen molar-refractivity contribution in [3.8, 4) is 0 Å². The quantitative estimate of drug-likeness (QED) is 0.801. The van der Waals surface area contributed by atoms with Crippen LogP contribution in [0.5, 0.6) is 0 Å². The standard InChI is InChI=1S/C7H10F3N3OS/c1-11-6-13-12-5(15-6)4-14-3-2-7(8,9)10/h2-4H2,1H3,(H,11,13). The van der Waals surface area contributed by atoms with E-state index in [4.69, 9.17) is 4.74 Å². The van der Waals surface area contributed by atoms with Gasteiger partial charge in [0.2, 0.25) is 5.13 Å². The number of alkyl halides is 3. The lowest BCUT2D eigenvalue weighted by molar-refractivity contribution is -0.146. The minimum Gasteiger partial charge on any atom is -0.374 e. The molecule has 0 amide bonds.